The van der Waals surface area contributed by atoms with Crippen molar-refractivity contribution in [2.45, 2.75) is 24.2 Å². The first-order chi connectivity index (χ1) is 17.2. The van der Waals surface area contributed by atoms with Gasteiger partial charge in [0.1, 0.15) is 5.03 Å². The number of hydrogen-bond acceptors (Lipinski definition) is 5. The van der Waals surface area contributed by atoms with Crippen molar-refractivity contribution >= 4 is 40.2 Å². The van der Waals surface area contributed by atoms with Crippen molar-refractivity contribution in [1.29, 1.82) is 0 Å². The monoisotopic (exact) mass is 510 g/mol. The molecule has 10 heteroatoms. The molecule has 0 radical (unpaired) electrons. The van der Waals surface area contributed by atoms with E-state index in [9.17, 15) is 22.8 Å². The number of amides is 2. The second-order valence-electron chi connectivity index (χ2n) is 7.86. The molecule has 0 bridgehead atoms. The van der Waals surface area contributed by atoms with E-state index in [0.29, 0.717) is 11.1 Å². The zero-order chi connectivity index (χ0) is 25.7. The van der Waals surface area contributed by atoms with Gasteiger partial charge in [-0.05, 0) is 30.7 Å². The minimum atomic E-state index is -4.72. The molecule has 2 amide bonds. The molecular weight excluding hydrogens is 489 g/mol. The average Bonchev–Trinajstić information content (AvgIpc) is 2.87. The zero-order valence-electron chi connectivity index (χ0n) is 19.0. The molecule has 0 spiro atoms. The maximum absolute atomic E-state index is 13.2. The molecule has 1 heterocycles. The van der Waals surface area contributed by atoms with Crippen LogP contribution < -0.4 is 10.6 Å². The molecule has 0 unspecified atom stereocenters. The Morgan fingerprint density at radius 3 is 2.33 bits per heavy atom. The summed E-state index contributed by atoms with van der Waals surface area (Å²) in [4.78, 5) is 32.8. The van der Waals surface area contributed by atoms with Gasteiger partial charge in [-0.15, -0.1) is 0 Å². The summed E-state index contributed by atoms with van der Waals surface area (Å²) in [6.45, 7) is 1.85. The molecular formula is C26H21F3N4O2S. The smallest absolute Gasteiger partial charge is 0.345 e. The number of benzene rings is 3. The fourth-order valence-electron chi connectivity index (χ4n) is 3.49. The van der Waals surface area contributed by atoms with Gasteiger partial charge < -0.3 is 10.6 Å². The zero-order valence-corrected chi connectivity index (χ0v) is 19.9. The molecule has 0 saturated heterocycles. The van der Waals surface area contributed by atoms with E-state index in [0.717, 1.165) is 17.3 Å². The Kier molecular flexibility index (Phi) is 7.54. The van der Waals surface area contributed by atoms with Gasteiger partial charge in [0.25, 0.3) is 5.91 Å². The van der Waals surface area contributed by atoms with Crippen molar-refractivity contribution in [2.24, 2.45) is 0 Å². The molecule has 0 fully saturated rings. The Bertz CT molecular complexity index is 1400. The van der Waals surface area contributed by atoms with Gasteiger partial charge >= 0.3 is 6.18 Å². The Hall–Kier alpha value is -3.92. The molecule has 0 aliphatic rings. The molecule has 36 heavy (non-hydrogen) atoms. The summed E-state index contributed by atoms with van der Waals surface area (Å²) in [7, 11) is 0. The average molecular weight is 511 g/mol. The fourth-order valence-corrected chi connectivity index (χ4v) is 4.31. The lowest BCUT2D eigenvalue weighted by Gasteiger charge is -2.16. The molecule has 0 aliphatic heterocycles. The lowest BCUT2D eigenvalue weighted by molar-refractivity contribution is -0.145. The molecule has 6 nitrogen and oxygen atoms in total. The van der Waals surface area contributed by atoms with E-state index in [-0.39, 0.29) is 33.8 Å². The van der Waals surface area contributed by atoms with Gasteiger partial charge in [-0.1, -0.05) is 72.4 Å². The minimum Gasteiger partial charge on any atom is -0.345 e. The molecule has 1 aromatic heterocycles. The number of anilines is 1. The number of thioether (sulfide) groups is 1. The summed E-state index contributed by atoms with van der Waals surface area (Å²) in [5, 5.41) is 6.05. The van der Waals surface area contributed by atoms with E-state index in [2.05, 4.69) is 20.6 Å². The highest BCUT2D eigenvalue weighted by atomic mass is 32.2. The van der Waals surface area contributed by atoms with Crippen molar-refractivity contribution in [2.75, 3.05) is 11.1 Å². The summed E-state index contributed by atoms with van der Waals surface area (Å²) >= 11 is 0.866. The van der Waals surface area contributed by atoms with E-state index in [1.54, 1.807) is 42.5 Å². The second kappa shape index (κ2) is 10.8. The van der Waals surface area contributed by atoms with E-state index in [1.807, 2.05) is 37.3 Å². The highest BCUT2D eigenvalue weighted by Crippen LogP contribution is 2.32. The van der Waals surface area contributed by atoms with Crippen molar-refractivity contribution < 1.29 is 22.8 Å². The summed E-state index contributed by atoms with van der Waals surface area (Å²) in [6.07, 6.45) is -4.72. The Morgan fingerprint density at radius 1 is 0.917 bits per heavy atom. The number of halogens is 3. The maximum atomic E-state index is 13.2. The Morgan fingerprint density at radius 2 is 1.58 bits per heavy atom. The fraction of sp³-hybridized carbons (Fsp3) is 0.154. The topological polar surface area (TPSA) is 84.0 Å². The van der Waals surface area contributed by atoms with Gasteiger partial charge in [0.15, 0.2) is 0 Å². The molecule has 0 saturated carbocycles. The van der Waals surface area contributed by atoms with Crippen molar-refractivity contribution in [3.63, 3.8) is 0 Å². The quantitative estimate of drug-likeness (QED) is 0.240. The Balaban J connectivity index is 1.47. The number of aromatic nitrogens is 2. The SMILES string of the molecule is C[C@@H](NC(=O)c1ccccc1NC(=O)CSc1nc(C(F)(F)F)nc2ccccc12)c1ccccc1. The van der Waals surface area contributed by atoms with Crippen LogP contribution in [0.4, 0.5) is 18.9 Å². The highest BCUT2D eigenvalue weighted by Gasteiger charge is 2.35. The second-order valence-corrected chi connectivity index (χ2v) is 8.82. The number of nitrogens with zero attached hydrogens (tertiary/aromatic N) is 2. The van der Waals surface area contributed by atoms with Gasteiger partial charge in [0.2, 0.25) is 11.7 Å². The van der Waals surface area contributed by atoms with Crippen LogP contribution in [0, 0.1) is 0 Å². The molecule has 184 valence electrons. The lowest BCUT2D eigenvalue weighted by atomic mass is 10.1. The van der Waals surface area contributed by atoms with Crippen LogP contribution in [0.2, 0.25) is 0 Å². The van der Waals surface area contributed by atoms with Gasteiger partial charge in [-0.25, -0.2) is 9.97 Å². The molecule has 3 aromatic carbocycles. The number of rotatable bonds is 7. The van der Waals surface area contributed by atoms with E-state index < -0.39 is 17.9 Å². The van der Waals surface area contributed by atoms with Crippen LogP contribution in [0.25, 0.3) is 10.9 Å². The standard InChI is InChI=1S/C26H21F3N4O2S/c1-16(17-9-3-2-4-10-17)30-23(35)18-11-5-7-13-20(18)31-22(34)15-36-24-19-12-6-8-14-21(19)32-25(33-24)26(27,28)29/h2-14,16H,15H2,1H3,(H,30,35)(H,31,34)/t16-/m1/s1. The van der Waals surface area contributed by atoms with Crippen molar-refractivity contribution in [1.82, 2.24) is 15.3 Å². The number of carbonyl (C=O) groups excluding carboxylic acids is 2. The van der Waals surface area contributed by atoms with Crippen molar-refractivity contribution in [3.8, 4) is 0 Å². The third kappa shape index (κ3) is 6.01. The summed E-state index contributed by atoms with van der Waals surface area (Å²) in [6, 6.07) is 22.0. The molecule has 0 aliphatic carbocycles. The van der Waals surface area contributed by atoms with E-state index in [1.165, 1.54) is 6.07 Å². The van der Waals surface area contributed by atoms with Crippen molar-refractivity contribution in [3.05, 3.63) is 95.8 Å². The number of alkyl halides is 3. The third-order valence-corrected chi connectivity index (χ3v) is 6.25. The van der Waals surface area contributed by atoms with E-state index in [4.69, 9.17) is 0 Å². The first kappa shape index (κ1) is 25.2. The van der Waals surface area contributed by atoms with Crippen LogP contribution in [0.5, 0.6) is 0 Å². The maximum Gasteiger partial charge on any atom is 0.451 e. The third-order valence-electron chi connectivity index (χ3n) is 5.25. The largest absolute Gasteiger partial charge is 0.451 e. The predicted octanol–water partition coefficient (Wildman–Crippen LogP) is 5.87. The minimum absolute atomic E-state index is 0.0470. The number of carbonyl (C=O) groups is 2. The molecule has 1 atom stereocenters. The summed E-state index contributed by atoms with van der Waals surface area (Å²) in [5.74, 6) is -2.34. The number of para-hydroxylation sites is 2. The first-order valence-corrected chi connectivity index (χ1v) is 11.9. The Labute approximate surface area is 209 Å². The van der Waals surface area contributed by atoms with Crippen LogP contribution in [0.3, 0.4) is 0 Å². The molecule has 4 rings (SSSR count). The van der Waals surface area contributed by atoms with Gasteiger partial charge in [-0.3, -0.25) is 9.59 Å². The predicted molar refractivity (Wildman–Crippen MR) is 133 cm³/mol. The van der Waals surface area contributed by atoms with Gasteiger partial charge in [0.05, 0.1) is 28.6 Å². The van der Waals surface area contributed by atoms with Crippen LogP contribution >= 0.6 is 11.8 Å². The summed E-state index contributed by atoms with van der Waals surface area (Å²) in [5.41, 5.74) is 1.63. The molecule has 4 aromatic rings. The van der Waals surface area contributed by atoms with Crippen LogP contribution in [0.15, 0.2) is 83.9 Å². The van der Waals surface area contributed by atoms with Gasteiger partial charge in [0, 0.05) is 5.39 Å². The van der Waals surface area contributed by atoms with Crippen LogP contribution in [-0.2, 0) is 11.0 Å². The van der Waals surface area contributed by atoms with Crippen LogP contribution in [-0.4, -0.2) is 27.5 Å². The molecule has 2 N–H and O–H groups in total. The number of nitrogens with one attached hydrogen (secondary N) is 2. The number of fused-ring (bicyclic) bond motifs is 1. The normalized spacial score (nSPS) is 12.2. The number of hydrogen-bond donors (Lipinski definition) is 2. The lowest BCUT2D eigenvalue weighted by Crippen LogP contribution is -2.28. The summed E-state index contributed by atoms with van der Waals surface area (Å²) < 4.78 is 39.7. The van der Waals surface area contributed by atoms with Gasteiger partial charge in [-0.2, -0.15) is 13.2 Å². The first-order valence-electron chi connectivity index (χ1n) is 10.9. The van der Waals surface area contributed by atoms with E-state index >= 15 is 0 Å². The van der Waals surface area contributed by atoms with Crippen LogP contribution in [0.1, 0.15) is 34.7 Å². The highest BCUT2D eigenvalue weighted by molar-refractivity contribution is 8.00.